The van der Waals surface area contributed by atoms with Gasteiger partial charge in [0.2, 0.25) is 0 Å². The van der Waals surface area contributed by atoms with Gasteiger partial charge in [0.05, 0.1) is 11.0 Å². The summed E-state index contributed by atoms with van der Waals surface area (Å²) in [5, 5.41) is 10.0. The summed E-state index contributed by atoms with van der Waals surface area (Å²) in [5.41, 5.74) is 9.59. The van der Waals surface area contributed by atoms with Crippen molar-refractivity contribution in [3.63, 3.8) is 0 Å². The first-order chi connectivity index (χ1) is 15.3. The molecule has 0 spiro atoms. The van der Waals surface area contributed by atoms with E-state index in [4.69, 9.17) is 9.97 Å². The van der Waals surface area contributed by atoms with Crippen molar-refractivity contribution < 1.29 is 0 Å². The Kier molecular flexibility index (Phi) is 4.60. The van der Waals surface area contributed by atoms with E-state index in [1.165, 1.54) is 65.0 Å². The van der Waals surface area contributed by atoms with Gasteiger partial charge in [0.25, 0.3) is 0 Å². The van der Waals surface area contributed by atoms with Crippen LogP contribution in [0.1, 0.15) is 47.5 Å². The number of rotatable bonds is 0. The van der Waals surface area contributed by atoms with Crippen molar-refractivity contribution in [3.05, 3.63) is 68.3 Å². The van der Waals surface area contributed by atoms with Crippen molar-refractivity contribution in [2.45, 2.75) is 55.4 Å². The molecule has 0 aliphatic carbocycles. The molecule has 0 amide bonds. The lowest BCUT2D eigenvalue weighted by atomic mass is 9.89. The second kappa shape index (κ2) is 7.13. The van der Waals surface area contributed by atoms with Gasteiger partial charge in [-0.3, -0.25) is 9.97 Å². The molecule has 160 valence electrons. The summed E-state index contributed by atoms with van der Waals surface area (Å²) in [4.78, 5) is 10.5. The zero-order valence-corrected chi connectivity index (χ0v) is 20.4. The molecule has 0 aliphatic rings. The predicted octanol–water partition coefficient (Wildman–Crippen LogP) is 6.54. The number of hydrogen-bond donors (Lipinski definition) is 0. The summed E-state index contributed by atoms with van der Waals surface area (Å²) >= 11 is 0. The summed E-state index contributed by atoms with van der Waals surface area (Å²) in [6, 6.07) is 8.65. The minimum absolute atomic E-state index is 1.08. The SMILES string of the molecule is C/C=c1/c(C)c(C)c2c(nc(C)c3c4c(C)c(C)c5ccccc5c4nc(C)c23)/c1=C/C. The molecule has 0 saturated heterocycles. The monoisotopic (exact) mass is 418 g/mol. The van der Waals surface area contributed by atoms with Gasteiger partial charge in [-0.2, -0.15) is 0 Å². The van der Waals surface area contributed by atoms with Crippen molar-refractivity contribution in [2.24, 2.45) is 0 Å². The van der Waals surface area contributed by atoms with Crippen LogP contribution in [0.3, 0.4) is 0 Å². The van der Waals surface area contributed by atoms with Crippen LogP contribution >= 0.6 is 0 Å². The molecule has 5 aromatic rings. The van der Waals surface area contributed by atoms with Crippen molar-refractivity contribution in [2.75, 3.05) is 0 Å². The Morgan fingerprint density at radius 2 is 1.03 bits per heavy atom. The molecule has 2 heteroatoms. The molecular weight excluding hydrogens is 388 g/mol. The third-order valence-electron chi connectivity index (χ3n) is 7.49. The topological polar surface area (TPSA) is 25.8 Å². The van der Waals surface area contributed by atoms with Crippen molar-refractivity contribution in [1.82, 2.24) is 9.97 Å². The van der Waals surface area contributed by atoms with Gasteiger partial charge in [-0.1, -0.05) is 36.4 Å². The molecular formula is C30H30N2. The van der Waals surface area contributed by atoms with Gasteiger partial charge in [-0.25, -0.2) is 0 Å². The molecule has 32 heavy (non-hydrogen) atoms. The highest BCUT2D eigenvalue weighted by Crippen LogP contribution is 2.39. The summed E-state index contributed by atoms with van der Waals surface area (Å²) < 4.78 is 0. The zero-order valence-electron chi connectivity index (χ0n) is 20.4. The quantitative estimate of drug-likeness (QED) is 0.267. The number of benzene rings is 3. The predicted molar refractivity (Wildman–Crippen MR) is 140 cm³/mol. The number of fused-ring (bicyclic) bond motifs is 7. The average molecular weight is 419 g/mol. The van der Waals surface area contributed by atoms with Gasteiger partial charge in [0, 0.05) is 43.5 Å². The number of hydrogen-bond acceptors (Lipinski definition) is 2. The maximum absolute atomic E-state index is 5.25. The van der Waals surface area contributed by atoms with Gasteiger partial charge >= 0.3 is 0 Å². The van der Waals surface area contributed by atoms with E-state index in [1.807, 2.05) is 0 Å². The van der Waals surface area contributed by atoms with Crippen LogP contribution in [0.25, 0.3) is 55.5 Å². The molecule has 2 aromatic heterocycles. The summed E-state index contributed by atoms with van der Waals surface area (Å²) in [5.74, 6) is 0. The minimum atomic E-state index is 1.08. The van der Waals surface area contributed by atoms with Crippen molar-refractivity contribution in [1.29, 1.82) is 0 Å². The van der Waals surface area contributed by atoms with Gasteiger partial charge in [0.1, 0.15) is 0 Å². The lowest BCUT2D eigenvalue weighted by Crippen LogP contribution is -2.30. The van der Waals surface area contributed by atoms with Gasteiger partial charge < -0.3 is 0 Å². The minimum Gasteiger partial charge on any atom is -0.252 e. The molecule has 5 rings (SSSR count). The van der Waals surface area contributed by atoms with Crippen LogP contribution in [0.4, 0.5) is 0 Å². The number of pyridine rings is 2. The van der Waals surface area contributed by atoms with Crippen LogP contribution in [-0.2, 0) is 0 Å². The first-order valence-electron chi connectivity index (χ1n) is 11.5. The lowest BCUT2D eigenvalue weighted by Gasteiger charge is -2.19. The number of aryl methyl sites for hydroxylation is 5. The van der Waals surface area contributed by atoms with E-state index in [0.29, 0.717) is 0 Å². The Morgan fingerprint density at radius 3 is 1.62 bits per heavy atom. The number of aromatic nitrogens is 2. The van der Waals surface area contributed by atoms with E-state index >= 15 is 0 Å². The van der Waals surface area contributed by atoms with E-state index in [2.05, 4.69) is 91.8 Å². The normalized spacial score (nSPS) is 13.4. The Bertz CT molecular complexity index is 1740. The number of nitrogens with zero attached hydrogens (tertiary/aromatic N) is 2. The fourth-order valence-corrected chi connectivity index (χ4v) is 5.68. The van der Waals surface area contributed by atoms with Crippen molar-refractivity contribution >= 4 is 55.5 Å². The van der Waals surface area contributed by atoms with Crippen molar-refractivity contribution in [3.8, 4) is 0 Å². The maximum Gasteiger partial charge on any atom is 0.0793 e. The van der Waals surface area contributed by atoms with Crippen LogP contribution in [0.2, 0.25) is 0 Å². The first kappa shape index (κ1) is 20.6. The third kappa shape index (κ3) is 2.53. The standard InChI is InChI=1S/C30H30N2/c1-9-21-15(3)17(5)25-27-20(8)32-30-24-14-12-11-13-23(24)16(4)18(6)26(30)28(27)19(7)31-29(25)22(21)10-2/h9-14H,1-8H3/b21-9-,22-10+. The van der Waals surface area contributed by atoms with E-state index in [9.17, 15) is 0 Å². The largest absolute Gasteiger partial charge is 0.252 e. The van der Waals surface area contributed by atoms with Gasteiger partial charge in [0.15, 0.2) is 0 Å². The average Bonchev–Trinajstić information content (AvgIpc) is 2.79. The Balaban J connectivity index is 2.22. The van der Waals surface area contributed by atoms with E-state index in [-0.39, 0.29) is 0 Å². The van der Waals surface area contributed by atoms with Crippen LogP contribution in [0, 0.1) is 41.5 Å². The molecule has 0 fully saturated rings. The van der Waals surface area contributed by atoms with Crippen LogP contribution in [-0.4, -0.2) is 9.97 Å². The van der Waals surface area contributed by atoms with E-state index < -0.39 is 0 Å². The molecule has 0 radical (unpaired) electrons. The third-order valence-corrected chi connectivity index (χ3v) is 7.49. The molecule has 0 atom stereocenters. The molecule has 3 aromatic carbocycles. The highest BCUT2D eigenvalue weighted by Gasteiger charge is 2.20. The summed E-state index contributed by atoms with van der Waals surface area (Å²) in [6.07, 6.45) is 4.42. The molecule has 0 N–H and O–H groups in total. The summed E-state index contributed by atoms with van der Waals surface area (Å²) in [7, 11) is 0. The maximum atomic E-state index is 5.25. The highest BCUT2D eigenvalue weighted by atomic mass is 14.7. The van der Waals surface area contributed by atoms with Gasteiger partial charge in [-0.05, 0) is 88.2 Å². The lowest BCUT2D eigenvalue weighted by molar-refractivity contribution is 1.23. The van der Waals surface area contributed by atoms with E-state index in [0.717, 1.165) is 22.4 Å². The zero-order chi connectivity index (χ0) is 22.9. The molecule has 2 heterocycles. The Labute approximate surface area is 189 Å². The first-order valence-corrected chi connectivity index (χ1v) is 11.5. The molecule has 2 nitrogen and oxygen atoms in total. The Hall–Kier alpha value is -3.26. The Morgan fingerprint density at radius 1 is 0.531 bits per heavy atom. The van der Waals surface area contributed by atoms with Crippen LogP contribution in [0.5, 0.6) is 0 Å². The molecule has 0 aliphatic heterocycles. The second-order valence-electron chi connectivity index (χ2n) is 9.04. The molecule has 0 unspecified atom stereocenters. The fourth-order valence-electron chi connectivity index (χ4n) is 5.68. The van der Waals surface area contributed by atoms with Gasteiger partial charge in [-0.15, -0.1) is 0 Å². The van der Waals surface area contributed by atoms with E-state index in [1.54, 1.807) is 0 Å². The van der Waals surface area contributed by atoms with Crippen LogP contribution in [0.15, 0.2) is 24.3 Å². The smallest absolute Gasteiger partial charge is 0.0793 e. The second-order valence-corrected chi connectivity index (χ2v) is 9.04. The molecule has 0 bridgehead atoms. The fraction of sp³-hybridized carbons (Fsp3) is 0.267. The highest BCUT2D eigenvalue weighted by molar-refractivity contribution is 6.23. The van der Waals surface area contributed by atoms with Crippen LogP contribution < -0.4 is 10.4 Å². The summed E-state index contributed by atoms with van der Waals surface area (Å²) in [6.45, 7) is 17.5. The molecule has 0 saturated carbocycles.